The third kappa shape index (κ3) is 4.27. The predicted octanol–water partition coefficient (Wildman–Crippen LogP) is 10.7. The summed E-state index contributed by atoms with van der Waals surface area (Å²) in [5.41, 5.74) is 6.97. The fourth-order valence-electron chi connectivity index (χ4n) is 6.41. The molecule has 0 amide bonds. The van der Waals surface area contributed by atoms with Crippen LogP contribution in [0.25, 0.3) is 88.8 Å². The summed E-state index contributed by atoms with van der Waals surface area (Å²) in [5.74, 6) is 1.95. The topological polar surface area (TPSA) is 51.8 Å². The monoisotopic (exact) mass is 575 g/mol. The Kier molecular flexibility index (Phi) is 5.78. The molecular weight excluding hydrogens is 550 g/mol. The van der Waals surface area contributed by atoms with Crippen molar-refractivity contribution < 1.29 is 4.42 Å². The summed E-state index contributed by atoms with van der Waals surface area (Å²) in [7, 11) is 0. The third-order valence-corrected chi connectivity index (χ3v) is 8.50. The van der Waals surface area contributed by atoms with Crippen molar-refractivity contribution in [3.8, 4) is 45.3 Å². The van der Waals surface area contributed by atoms with E-state index >= 15 is 0 Å². The molecule has 0 saturated carbocycles. The molecule has 4 nitrogen and oxygen atoms in total. The summed E-state index contributed by atoms with van der Waals surface area (Å²) in [6.45, 7) is 0. The Hall–Kier alpha value is -6.13. The summed E-state index contributed by atoms with van der Waals surface area (Å²) >= 11 is 0. The minimum atomic E-state index is 0.648. The number of para-hydroxylation sites is 1. The predicted molar refractivity (Wildman–Crippen MR) is 184 cm³/mol. The summed E-state index contributed by atoms with van der Waals surface area (Å²) in [5, 5.41) is 6.80. The minimum absolute atomic E-state index is 0.648. The van der Waals surface area contributed by atoms with Crippen LogP contribution in [0.15, 0.2) is 156 Å². The van der Waals surface area contributed by atoms with Gasteiger partial charge in [-0.15, -0.1) is 0 Å². The van der Waals surface area contributed by atoms with Gasteiger partial charge in [-0.2, -0.15) is 0 Å². The molecule has 0 bridgehead atoms. The van der Waals surface area contributed by atoms with E-state index in [0.717, 1.165) is 60.4 Å². The molecule has 0 fully saturated rings. The largest absolute Gasteiger partial charge is 0.456 e. The van der Waals surface area contributed by atoms with E-state index in [0.29, 0.717) is 17.5 Å². The smallest absolute Gasteiger partial charge is 0.164 e. The maximum absolute atomic E-state index is 6.36. The zero-order valence-electron chi connectivity index (χ0n) is 24.2. The fourth-order valence-corrected chi connectivity index (χ4v) is 6.41. The van der Waals surface area contributed by atoms with Crippen LogP contribution in [-0.2, 0) is 0 Å². The van der Waals surface area contributed by atoms with E-state index in [-0.39, 0.29) is 0 Å². The van der Waals surface area contributed by atoms with Gasteiger partial charge in [0, 0.05) is 33.0 Å². The lowest BCUT2D eigenvalue weighted by atomic mass is 9.91. The van der Waals surface area contributed by atoms with Crippen LogP contribution in [0.1, 0.15) is 0 Å². The van der Waals surface area contributed by atoms with Gasteiger partial charge in [0.25, 0.3) is 0 Å². The lowest BCUT2D eigenvalue weighted by molar-refractivity contribution is 0.669. The first kappa shape index (κ1) is 25.4. The van der Waals surface area contributed by atoms with Crippen molar-refractivity contribution in [2.75, 3.05) is 0 Å². The maximum Gasteiger partial charge on any atom is 0.164 e. The van der Waals surface area contributed by atoms with Crippen LogP contribution in [0.2, 0.25) is 0 Å². The molecular formula is C41H25N3O. The molecule has 2 aromatic heterocycles. The number of hydrogen-bond donors (Lipinski definition) is 0. The van der Waals surface area contributed by atoms with Crippen LogP contribution in [-0.4, -0.2) is 15.0 Å². The SMILES string of the molecule is c1ccc(-c2nc(-c3ccccc3)nc(-c3cccc4cc(-c5c6ccccc6cc6oc7ccccc7c56)ccc34)n2)cc1. The van der Waals surface area contributed by atoms with Crippen molar-refractivity contribution >= 4 is 43.5 Å². The highest BCUT2D eigenvalue weighted by atomic mass is 16.3. The molecule has 0 aliphatic heterocycles. The normalized spacial score (nSPS) is 11.6. The molecule has 0 aliphatic rings. The van der Waals surface area contributed by atoms with Crippen LogP contribution in [0, 0.1) is 0 Å². The zero-order valence-corrected chi connectivity index (χ0v) is 24.2. The molecule has 0 atom stereocenters. The number of rotatable bonds is 4. The summed E-state index contributed by atoms with van der Waals surface area (Å²) in [6.07, 6.45) is 0. The van der Waals surface area contributed by atoms with E-state index in [1.54, 1.807) is 0 Å². The van der Waals surface area contributed by atoms with Gasteiger partial charge in [-0.3, -0.25) is 0 Å². The lowest BCUT2D eigenvalue weighted by Crippen LogP contribution is -2.00. The molecule has 2 heterocycles. The molecule has 9 rings (SSSR count). The van der Waals surface area contributed by atoms with E-state index < -0.39 is 0 Å². The van der Waals surface area contributed by atoms with Crippen molar-refractivity contribution in [3.63, 3.8) is 0 Å². The molecule has 0 unspecified atom stereocenters. The number of nitrogens with zero attached hydrogens (tertiary/aromatic N) is 3. The van der Waals surface area contributed by atoms with Crippen LogP contribution >= 0.6 is 0 Å². The minimum Gasteiger partial charge on any atom is -0.456 e. The van der Waals surface area contributed by atoms with E-state index in [9.17, 15) is 0 Å². The average molecular weight is 576 g/mol. The molecule has 0 spiro atoms. The highest BCUT2D eigenvalue weighted by molar-refractivity contribution is 6.21. The highest BCUT2D eigenvalue weighted by Gasteiger charge is 2.18. The molecule has 9 aromatic rings. The van der Waals surface area contributed by atoms with Gasteiger partial charge in [0.05, 0.1) is 0 Å². The van der Waals surface area contributed by atoms with Gasteiger partial charge in [0.15, 0.2) is 17.5 Å². The van der Waals surface area contributed by atoms with E-state index in [1.807, 2.05) is 72.8 Å². The Balaban J connectivity index is 1.27. The Morgan fingerprint density at radius 3 is 1.73 bits per heavy atom. The quantitative estimate of drug-likeness (QED) is 0.209. The Morgan fingerprint density at radius 2 is 0.978 bits per heavy atom. The molecule has 7 aromatic carbocycles. The van der Waals surface area contributed by atoms with Gasteiger partial charge >= 0.3 is 0 Å². The molecule has 0 saturated heterocycles. The second-order valence-electron chi connectivity index (χ2n) is 11.2. The van der Waals surface area contributed by atoms with Crippen LogP contribution in [0.5, 0.6) is 0 Å². The summed E-state index contributed by atoms with van der Waals surface area (Å²) < 4.78 is 6.36. The molecule has 0 N–H and O–H groups in total. The van der Waals surface area contributed by atoms with Gasteiger partial charge in [-0.1, -0.05) is 133 Å². The number of furan rings is 1. The van der Waals surface area contributed by atoms with E-state index in [1.165, 1.54) is 10.9 Å². The number of aromatic nitrogens is 3. The second-order valence-corrected chi connectivity index (χ2v) is 11.2. The lowest BCUT2D eigenvalue weighted by Gasteiger charge is -2.13. The van der Waals surface area contributed by atoms with Crippen molar-refractivity contribution in [1.29, 1.82) is 0 Å². The first-order chi connectivity index (χ1) is 22.3. The average Bonchev–Trinajstić information content (AvgIpc) is 3.48. The van der Waals surface area contributed by atoms with Gasteiger partial charge in [0.2, 0.25) is 0 Å². The van der Waals surface area contributed by atoms with Crippen molar-refractivity contribution in [3.05, 3.63) is 152 Å². The van der Waals surface area contributed by atoms with Crippen molar-refractivity contribution in [2.24, 2.45) is 0 Å². The Labute approximate surface area is 259 Å². The molecule has 45 heavy (non-hydrogen) atoms. The highest BCUT2D eigenvalue weighted by Crippen LogP contribution is 2.43. The molecule has 0 radical (unpaired) electrons. The van der Waals surface area contributed by atoms with Gasteiger partial charge in [-0.25, -0.2) is 15.0 Å². The number of benzene rings is 7. The van der Waals surface area contributed by atoms with Crippen LogP contribution in [0.3, 0.4) is 0 Å². The number of fused-ring (bicyclic) bond motifs is 5. The van der Waals surface area contributed by atoms with E-state index in [2.05, 4.69) is 78.9 Å². The third-order valence-electron chi connectivity index (χ3n) is 8.50. The van der Waals surface area contributed by atoms with E-state index in [4.69, 9.17) is 19.4 Å². The van der Waals surface area contributed by atoms with Gasteiger partial charge in [-0.05, 0) is 45.3 Å². The maximum atomic E-state index is 6.36. The van der Waals surface area contributed by atoms with Crippen LogP contribution < -0.4 is 0 Å². The second kappa shape index (κ2) is 10.2. The van der Waals surface area contributed by atoms with Crippen LogP contribution in [0.4, 0.5) is 0 Å². The van der Waals surface area contributed by atoms with Gasteiger partial charge < -0.3 is 4.42 Å². The fraction of sp³-hybridized carbons (Fsp3) is 0. The molecule has 210 valence electrons. The Bertz CT molecular complexity index is 2480. The first-order valence-electron chi connectivity index (χ1n) is 15.0. The summed E-state index contributed by atoms with van der Waals surface area (Å²) in [6, 6.07) is 52.2. The molecule has 4 heteroatoms. The van der Waals surface area contributed by atoms with Crippen molar-refractivity contribution in [2.45, 2.75) is 0 Å². The number of hydrogen-bond acceptors (Lipinski definition) is 4. The van der Waals surface area contributed by atoms with Crippen molar-refractivity contribution in [1.82, 2.24) is 15.0 Å². The zero-order chi connectivity index (χ0) is 29.7. The summed E-state index contributed by atoms with van der Waals surface area (Å²) in [4.78, 5) is 14.9. The first-order valence-corrected chi connectivity index (χ1v) is 15.0. The molecule has 0 aliphatic carbocycles. The Morgan fingerprint density at radius 1 is 0.378 bits per heavy atom. The standard InChI is InChI=1S/C41H25N3O/c1-3-12-26(13-4-1)39-42-40(27-14-5-2-6-15-27)44-41(43-39)33-20-11-17-28-24-30(22-23-31(28)33)37-32-18-8-7-16-29(32)25-36-38(37)34-19-9-10-21-35(34)45-36/h1-25H. The van der Waals surface area contributed by atoms with Gasteiger partial charge in [0.1, 0.15) is 11.2 Å².